The molecule has 0 bridgehead atoms. The molecule has 0 aliphatic heterocycles. The zero-order valence-corrected chi connectivity index (χ0v) is 17.3. The van der Waals surface area contributed by atoms with E-state index in [1.54, 1.807) is 32.3 Å². The molecule has 3 atom stereocenters. The minimum Gasteiger partial charge on any atom is -0.496 e. The average molecular weight is 408 g/mol. The first-order valence-electron chi connectivity index (χ1n) is 9.36. The second-order valence-corrected chi connectivity index (χ2v) is 6.23. The first-order valence-corrected chi connectivity index (χ1v) is 9.36. The van der Waals surface area contributed by atoms with Gasteiger partial charge in [-0.05, 0) is 19.1 Å². The number of alkyl halides is 1. The molecule has 0 radical (unpaired) electrons. The molecule has 0 heterocycles. The molecule has 1 aromatic carbocycles. The van der Waals surface area contributed by atoms with Crippen LogP contribution in [0.1, 0.15) is 32.8 Å². The molecule has 0 amide bonds. The summed E-state index contributed by atoms with van der Waals surface area (Å²) in [6, 6.07) is 7.40. The summed E-state index contributed by atoms with van der Waals surface area (Å²) in [6.45, 7) is 4.61. The molecule has 0 N–H and O–H groups in total. The minimum atomic E-state index is -1.74. The quantitative estimate of drug-likeness (QED) is 0.296. The van der Waals surface area contributed by atoms with E-state index in [4.69, 9.17) is 18.9 Å². The largest absolute Gasteiger partial charge is 0.496 e. The van der Waals surface area contributed by atoms with Gasteiger partial charge >= 0.3 is 11.9 Å². The molecular weight excluding hydrogens is 379 g/mol. The third-order valence-corrected chi connectivity index (χ3v) is 3.89. The third kappa shape index (κ3) is 9.38. The highest BCUT2D eigenvalue weighted by molar-refractivity contribution is 5.67. The average Bonchev–Trinajstić information content (AvgIpc) is 2.68. The van der Waals surface area contributed by atoms with E-state index in [0.29, 0.717) is 5.75 Å². The molecule has 29 heavy (non-hydrogen) atoms. The Morgan fingerprint density at radius 1 is 1.10 bits per heavy atom. The van der Waals surface area contributed by atoms with Crippen molar-refractivity contribution in [3.05, 3.63) is 54.1 Å². The summed E-state index contributed by atoms with van der Waals surface area (Å²) in [5.41, 5.74) is 0.850. The zero-order valence-electron chi connectivity index (χ0n) is 17.3. The predicted molar refractivity (Wildman–Crippen MR) is 107 cm³/mol. The number of hydrogen-bond acceptors (Lipinski definition) is 6. The Morgan fingerprint density at radius 3 is 2.41 bits per heavy atom. The fourth-order valence-corrected chi connectivity index (χ4v) is 2.60. The van der Waals surface area contributed by atoms with E-state index in [1.165, 1.54) is 19.9 Å². The van der Waals surface area contributed by atoms with Crippen LogP contribution in [0.25, 0.3) is 0 Å². The molecular formula is C22H29FO6. The molecule has 160 valence electrons. The molecule has 1 aromatic rings. The van der Waals surface area contributed by atoms with Gasteiger partial charge < -0.3 is 18.9 Å². The van der Waals surface area contributed by atoms with Crippen molar-refractivity contribution in [3.63, 3.8) is 0 Å². The van der Waals surface area contributed by atoms with Crippen molar-refractivity contribution in [2.75, 3.05) is 13.7 Å². The third-order valence-electron chi connectivity index (χ3n) is 3.89. The Balaban J connectivity index is 2.75. The van der Waals surface area contributed by atoms with Crippen LogP contribution in [0.15, 0.2) is 48.6 Å². The maximum Gasteiger partial charge on any atom is 0.303 e. The van der Waals surface area contributed by atoms with Gasteiger partial charge in [-0.15, -0.1) is 0 Å². The lowest BCUT2D eigenvalue weighted by atomic mass is 10.1. The van der Waals surface area contributed by atoms with Crippen molar-refractivity contribution in [2.45, 2.75) is 52.2 Å². The van der Waals surface area contributed by atoms with Gasteiger partial charge in [0.1, 0.15) is 11.9 Å². The molecule has 6 nitrogen and oxygen atoms in total. The van der Waals surface area contributed by atoms with E-state index in [9.17, 15) is 9.59 Å². The topological polar surface area (TPSA) is 71.1 Å². The van der Waals surface area contributed by atoms with Crippen LogP contribution in [0.5, 0.6) is 5.75 Å². The van der Waals surface area contributed by atoms with Crippen molar-refractivity contribution >= 4 is 11.9 Å². The highest BCUT2D eigenvalue weighted by Crippen LogP contribution is 2.20. The minimum absolute atomic E-state index is 0.102. The molecule has 0 aliphatic carbocycles. The summed E-state index contributed by atoms with van der Waals surface area (Å²) >= 11 is 0. The summed E-state index contributed by atoms with van der Waals surface area (Å²) in [5.74, 6) is -0.561. The smallest absolute Gasteiger partial charge is 0.303 e. The second kappa shape index (κ2) is 13.5. The van der Waals surface area contributed by atoms with Gasteiger partial charge in [-0.1, -0.05) is 36.4 Å². The second-order valence-electron chi connectivity index (χ2n) is 6.23. The van der Waals surface area contributed by atoms with E-state index in [0.717, 1.165) is 5.56 Å². The first-order chi connectivity index (χ1) is 13.9. The monoisotopic (exact) mass is 408 g/mol. The van der Waals surface area contributed by atoms with Gasteiger partial charge in [0.05, 0.1) is 20.3 Å². The van der Waals surface area contributed by atoms with Gasteiger partial charge in [0, 0.05) is 25.8 Å². The standard InChI is InChI=1S/C22H29FO6/c1-5-6-7-12-20(28-16(2)24)22(23)21(29-17(3)25)13-14-27-15-18-10-8-9-11-19(18)26-4/h5-12,20-22H,13-15H2,1-4H3/b6-5-,12-7+/t20-,21-,22+/m0/s1. The Morgan fingerprint density at radius 2 is 1.79 bits per heavy atom. The lowest BCUT2D eigenvalue weighted by Crippen LogP contribution is -2.39. The number of rotatable bonds is 12. The Labute approximate surface area is 171 Å². The number of carbonyl (C=O) groups is 2. The van der Waals surface area contributed by atoms with Crippen LogP contribution in [-0.2, 0) is 30.4 Å². The fraction of sp³-hybridized carbons (Fsp3) is 0.455. The van der Waals surface area contributed by atoms with E-state index >= 15 is 4.39 Å². The van der Waals surface area contributed by atoms with Crippen molar-refractivity contribution < 1.29 is 32.9 Å². The molecule has 0 aromatic heterocycles. The lowest BCUT2D eigenvalue weighted by molar-refractivity contribution is -0.159. The lowest BCUT2D eigenvalue weighted by Gasteiger charge is -2.25. The van der Waals surface area contributed by atoms with Crippen molar-refractivity contribution in [1.29, 1.82) is 0 Å². The van der Waals surface area contributed by atoms with E-state index in [1.807, 2.05) is 24.3 Å². The maximum atomic E-state index is 15.0. The number of hydrogen-bond donors (Lipinski definition) is 0. The number of allylic oxidation sites excluding steroid dienone is 3. The Bertz CT molecular complexity index is 700. The number of para-hydroxylation sites is 1. The highest BCUT2D eigenvalue weighted by atomic mass is 19.1. The molecule has 0 unspecified atom stereocenters. The molecule has 7 heteroatoms. The number of methoxy groups -OCH3 is 1. The van der Waals surface area contributed by atoms with Crippen LogP contribution in [0, 0.1) is 0 Å². The fourth-order valence-electron chi connectivity index (χ4n) is 2.60. The van der Waals surface area contributed by atoms with Crippen LogP contribution >= 0.6 is 0 Å². The van der Waals surface area contributed by atoms with Gasteiger partial charge in [-0.2, -0.15) is 0 Å². The van der Waals surface area contributed by atoms with Crippen molar-refractivity contribution in [1.82, 2.24) is 0 Å². The van der Waals surface area contributed by atoms with Crippen LogP contribution in [0.3, 0.4) is 0 Å². The SMILES string of the molecule is C/C=C\C=C\[C@H](OC(C)=O)[C@@H](F)[C@H](CCOCc1ccccc1OC)OC(C)=O. The van der Waals surface area contributed by atoms with E-state index in [-0.39, 0.29) is 19.6 Å². The van der Waals surface area contributed by atoms with Gasteiger partial charge in [-0.3, -0.25) is 9.59 Å². The molecule has 0 spiro atoms. The first kappa shape index (κ1) is 24.4. The summed E-state index contributed by atoms with van der Waals surface area (Å²) < 4.78 is 36.1. The van der Waals surface area contributed by atoms with Crippen LogP contribution in [0.2, 0.25) is 0 Å². The van der Waals surface area contributed by atoms with Gasteiger partial charge in [0.15, 0.2) is 12.3 Å². The number of halogens is 1. The van der Waals surface area contributed by atoms with E-state index in [2.05, 4.69) is 0 Å². The predicted octanol–water partition coefficient (Wildman–Crippen LogP) is 3.94. The van der Waals surface area contributed by atoms with Gasteiger partial charge in [0.25, 0.3) is 0 Å². The zero-order chi connectivity index (χ0) is 21.6. The molecule has 0 fully saturated rings. The van der Waals surface area contributed by atoms with Gasteiger partial charge in [-0.25, -0.2) is 4.39 Å². The normalized spacial score (nSPS) is 14.5. The molecule has 0 saturated carbocycles. The summed E-state index contributed by atoms with van der Waals surface area (Å²) in [4.78, 5) is 22.7. The number of esters is 2. The number of ether oxygens (including phenoxy) is 4. The van der Waals surface area contributed by atoms with Crippen LogP contribution < -0.4 is 4.74 Å². The molecule has 0 aliphatic rings. The highest BCUT2D eigenvalue weighted by Gasteiger charge is 2.32. The molecule has 1 rings (SSSR count). The van der Waals surface area contributed by atoms with Crippen molar-refractivity contribution in [2.24, 2.45) is 0 Å². The summed E-state index contributed by atoms with van der Waals surface area (Å²) in [6.07, 6.45) is 2.49. The van der Waals surface area contributed by atoms with E-state index < -0.39 is 30.3 Å². The molecule has 0 saturated heterocycles. The Kier molecular flexibility index (Phi) is 11.3. The van der Waals surface area contributed by atoms with Crippen LogP contribution in [0.4, 0.5) is 4.39 Å². The van der Waals surface area contributed by atoms with Gasteiger partial charge in [0.2, 0.25) is 0 Å². The number of carbonyl (C=O) groups excluding carboxylic acids is 2. The van der Waals surface area contributed by atoms with Crippen molar-refractivity contribution in [3.8, 4) is 5.75 Å². The van der Waals surface area contributed by atoms with Crippen LogP contribution in [-0.4, -0.2) is 44.0 Å². The summed E-state index contributed by atoms with van der Waals surface area (Å²) in [7, 11) is 1.57. The number of benzene rings is 1. The summed E-state index contributed by atoms with van der Waals surface area (Å²) in [5, 5.41) is 0. The Hall–Kier alpha value is -2.67. The maximum absolute atomic E-state index is 15.0.